The van der Waals surface area contributed by atoms with Gasteiger partial charge in [-0.3, -0.25) is 0 Å². The van der Waals surface area contributed by atoms with Crippen LogP contribution in [0.15, 0.2) is 24.3 Å². The maximum Gasteiger partial charge on any atom is 0.161 e. The second kappa shape index (κ2) is 8.25. The highest BCUT2D eigenvalue weighted by atomic mass is 16.5. The molecule has 1 aromatic carbocycles. The Morgan fingerprint density at radius 2 is 1.90 bits per heavy atom. The number of methoxy groups -OCH3 is 1. The summed E-state index contributed by atoms with van der Waals surface area (Å²) in [5.41, 5.74) is 0.302. The molecule has 1 saturated heterocycles. The van der Waals surface area contributed by atoms with Crippen LogP contribution in [-0.4, -0.2) is 40.0 Å². The minimum Gasteiger partial charge on any atom is -0.493 e. The quantitative estimate of drug-likeness (QED) is 0.800. The molecule has 0 radical (unpaired) electrons. The minimum absolute atomic E-state index is 0.302. The van der Waals surface area contributed by atoms with Crippen molar-refractivity contribution in [1.82, 2.24) is 5.32 Å². The zero-order valence-corrected chi connectivity index (χ0v) is 13.2. The number of rotatable bonds is 8. The maximum absolute atomic E-state index is 5.94. The molecule has 4 heteroatoms. The normalized spacial score (nSPS) is 17.4. The molecule has 0 aromatic heterocycles. The zero-order chi connectivity index (χ0) is 15.0. The molecule has 1 N–H and O–H groups in total. The van der Waals surface area contributed by atoms with Gasteiger partial charge in [0.2, 0.25) is 0 Å². The number of hydrogen-bond acceptors (Lipinski definition) is 4. The first kappa shape index (κ1) is 16.1. The summed E-state index contributed by atoms with van der Waals surface area (Å²) in [6.07, 6.45) is 3.26. The lowest BCUT2D eigenvalue weighted by atomic mass is 9.77. The van der Waals surface area contributed by atoms with Gasteiger partial charge >= 0.3 is 0 Å². The fraction of sp³-hybridized carbons (Fsp3) is 0.647. The summed E-state index contributed by atoms with van der Waals surface area (Å²) in [6.45, 7) is 6.64. The van der Waals surface area contributed by atoms with Crippen LogP contribution in [0.3, 0.4) is 0 Å². The monoisotopic (exact) mass is 293 g/mol. The first-order valence-corrected chi connectivity index (χ1v) is 7.84. The average molecular weight is 293 g/mol. The van der Waals surface area contributed by atoms with E-state index in [-0.39, 0.29) is 0 Å². The summed E-state index contributed by atoms with van der Waals surface area (Å²) in [6, 6.07) is 7.81. The van der Waals surface area contributed by atoms with E-state index in [4.69, 9.17) is 14.2 Å². The Hall–Kier alpha value is -1.26. The molecule has 0 saturated carbocycles. The second-order valence-electron chi connectivity index (χ2n) is 5.64. The molecule has 1 aliphatic rings. The predicted octanol–water partition coefficient (Wildman–Crippen LogP) is 2.87. The van der Waals surface area contributed by atoms with E-state index in [0.29, 0.717) is 12.0 Å². The van der Waals surface area contributed by atoms with E-state index in [1.165, 1.54) is 0 Å². The highest BCUT2D eigenvalue weighted by Gasteiger charge is 2.32. The summed E-state index contributed by atoms with van der Waals surface area (Å²) in [5, 5.41) is 3.49. The van der Waals surface area contributed by atoms with Crippen molar-refractivity contribution in [2.75, 3.05) is 40.0 Å². The molecule has 1 fully saturated rings. The van der Waals surface area contributed by atoms with Crippen LogP contribution in [0.1, 0.15) is 26.2 Å². The number of ether oxygens (including phenoxy) is 3. The van der Waals surface area contributed by atoms with Crippen LogP contribution in [0.4, 0.5) is 0 Å². The van der Waals surface area contributed by atoms with Crippen LogP contribution in [0, 0.1) is 5.41 Å². The minimum atomic E-state index is 0.302. The smallest absolute Gasteiger partial charge is 0.161 e. The summed E-state index contributed by atoms with van der Waals surface area (Å²) >= 11 is 0. The fourth-order valence-electron chi connectivity index (χ4n) is 2.83. The Kier molecular flexibility index (Phi) is 6.33. The average Bonchev–Trinajstić information content (AvgIpc) is 2.54. The molecule has 0 bridgehead atoms. The third kappa shape index (κ3) is 4.61. The number of para-hydroxylation sites is 2. The molecule has 0 aliphatic carbocycles. The molecule has 1 aromatic rings. The molecule has 0 unspecified atom stereocenters. The third-order valence-corrected chi connectivity index (χ3v) is 4.26. The molecular weight excluding hydrogens is 266 g/mol. The van der Waals surface area contributed by atoms with Gasteiger partial charge in [0.1, 0.15) is 0 Å². The van der Waals surface area contributed by atoms with Gasteiger partial charge < -0.3 is 19.5 Å². The predicted molar refractivity (Wildman–Crippen MR) is 84.1 cm³/mol. The summed E-state index contributed by atoms with van der Waals surface area (Å²) in [7, 11) is 1.67. The van der Waals surface area contributed by atoms with Crippen LogP contribution < -0.4 is 14.8 Å². The standard InChI is InChI=1S/C17H27NO3/c1-3-18-14-17(8-11-20-12-9-17)10-13-21-16-7-5-4-6-15(16)19-2/h4-7,18H,3,8-14H2,1-2H3. The lowest BCUT2D eigenvalue weighted by Gasteiger charge is -2.37. The third-order valence-electron chi connectivity index (χ3n) is 4.26. The molecule has 0 amide bonds. The van der Waals surface area contributed by atoms with Gasteiger partial charge in [0.25, 0.3) is 0 Å². The summed E-state index contributed by atoms with van der Waals surface area (Å²) in [4.78, 5) is 0. The lowest BCUT2D eigenvalue weighted by Crippen LogP contribution is -2.40. The Morgan fingerprint density at radius 3 is 2.57 bits per heavy atom. The van der Waals surface area contributed by atoms with Crippen LogP contribution in [0.2, 0.25) is 0 Å². The highest BCUT2D eigenvalue weighted by Crippen LogP contribution is 2.34. The van der Waals surface area contributed by atoms with E-state index in [2.05, 4.69) is 12.2 Å². The van der Waals surface area contributed by atoms with E-state index in [1.54, 1.807) is 7.11 Å². The summed E-state index contributed by atoms with van der Waals surface area (Å²) < 4.78 is 16.8. The molecule has 0 atom stereocenters. The number of hydrogen-bond donors (Lipinski definition) is 1. The Labute approximate surface area is 127 Å². The van der Waals surface area contributed by atoms with Crippen molar-refractivity contribution in [3.8, 4) is 11.5 Å². The van der Waals surface area contributed by atoms with Crippen molar-refractivity contribution in [2.24, 2.45) is 5.41 Å². The van der Waals surface area contributed by atoms with Crippen LogP contribution in [-0.2, 0) is 4.74 Å². The molecule has 0 spiro atoms. The van der Waals surface area contributed by atoms with Gasteiger partial charge in [-0.25, -0.2) is 0 Å². The molecule has 4 nitrogen and oxygen atoms in total. The van der Waals surface area contributed by atoms with Crippen molar-refractivity contribution in [2.45, 2.75) is 26.2 Å². The molecule has 2 rings (SSSR count). The molecule has 1 heterocycles. The van der Waals surface area contributed by atoms with Gasteiger partial charge in [0, 0.05) is 19.8 Å². The van der Waals surface area contributed by atoms with Crippen LogP contribution >= 0.6 is 0 Å². The van der Waals surface area contributed by atoms with Crippen LogP contribution in [0.25, 0.3) is 0 Å². The van der Waals surface area contributed by atoms with E-state index in [9.17, 15) is 0 Å². The van der Waals surface area contributed by atoms with Crippen molar-refractivity contribution in [3.63, 3.8) is 0 Å². The van der Waals surface area contributed by atoms with Crippen molar-refractivity contribution in [1.29, 1.82) is 0 Å². The SMILES string of the molecule is CCNCC1(CCOc2ccccc2OC)CCOCC1. The Morgan fingerprint density at radius 1 is 1.19 bits per heavy atom. The second-order valence-corrected chi connectivity index (χ2v) is 5.64. The van der Waals surface area contributed by atoms with Gasteiger partial charge in [0.15, 0.2) is 11.5 Å². The first-order chi connectivity index (χ1) is 10.3. The Bertz CT molecular complexity index is 416. The van der Waals surface area contributed by atoms with Gasteiger partial charge in [-0.15, -0.1) is 0 Å². The van der Waals surface area contributed by atoms with Gasteiger partial charge in [-0.1, -0.05) is 19.1 Å². The molecule has 21 heavy (non-hydrogen) atoms. The van der Waals surface area contributed by atoms with Crippen LogP contribution in [0.5, 0.6) is 11.5 Å². The van der Waals surface area contributed by atoms with Gasteiger partial charge in [0.05, 0.1) is 13.7 Å². The van der Waals surface area contributed by atoms with E-state index < -0.39 is 0 Å². The van der Waals surface area contributed by atoms with Gasteiger partial charge in [-0.05, 0) is 43.4 Å². The van der Waals surface area contributed by atoms with E-state index in [0.717, 1.165) is 57.1 Å². The number of benzene rings is 1. The van der Waals surface area contributed by atoms with E-state index >= 15 is 0 Å². The van der Waals surface area contributed by atoms with Gasteiger partial charge in [-0.2, -0.15) is 0 Å². The molecule has 1 aliphatic heterocycles. The topological polar surface area (TPSA) is 39.7 Å². The largest absolute Gasteiger partial charge is 0.493 e. The van der Waals surface area contributed by atoms with Crippen molar-refractivity contribution in [3.05, 3.63) is 24.3 Å². The zero-order valence-electron chi connectivity index (χ0n) is 13.2. The van der Waals surface area contributed by atoms with E-state index in [1.807, 2.05) is 24.3 Å². The summed E-state index contributed by atoms with van der Waals surface area (Å²) in [5.74, 6) is 1.62. The molecule has 118 valence electrons. The molecular formula is C17H27NO3. The van der Waals surface area contributed by atoms with Crippen molar-refractivity contribution < 1.29 is 14.2 Å². The first-order valence-electron chi connectivity index (χ1n) is 7.84. The Balaban J connectivity index is 1.89. The highest BCUT2D eigenvalue weighted by molar-refractivity contribution is 5.39. The lowest BCUT2D eigenvalue weighted by molar-refractivity contribution is 0.00436. The number of nitrogens with one attached hydrogen (secondary N) is 1. The maximum atomic E-state index is 5.94. The fourth-order valence-corrected chi connectivity index (χ4v) is 2.83. The van der Waals surface area contributed by atoms with Crippen molar-refractivity contribution >= 4 is 0 Å².